The Hall–Kier alpha value is -3.81. The molecule has 0 saturated heterocycles. The molecular formula is C29H25Cl2FN4O2. The highest BCUT2D eigenvalue weighted by molar-refractivity contribution is 6.39. The van der Waals surface area contributed by atoms with E-state index in [2.05, 4.69) is 5.32 Å². The third-order valence-corrected chi connectivity index (χ3v) is 7.19. The molecule has 0 saturated carbocycles. The fraction of sp³-hybridized carbons (Fsp3) is 0.172. The van der Waals surface area contributed by atoms with Crippen molar-refractivity contribution < 1.29 is 14.0 Å². The maximum absolute atomic E-state index is 14.1. The number of carbonyl (C=O) groups is 2. The van der Waals surface area contributed by atoms with Gasteiger partial charge in [-0.15, -0.1) is 0 Å². The average Bonchev–Trinajstić information content (AvgIpc) is 3.39. The number of aromatic nitrogens is 1. The maximum atomic E-state index is 14.1. The van der Waals surface area contributed by atoms with Gasteiger partial charge in [0.05, 0.1) is 32.8 Å². The van der Waals surface area contributed by atoms with Gasteiger partial charge in [0.1, 0.15) is 18.4 Å². The molecule has 1 N–H and O–H groups in total. The molecule has 5 rings (SSSR count). The molecule has 38 heavy (non-hydrogen) atoms. The molecule has 1 aliphatic rings. The summed E-state index contributed by atoms with van der Waals surface area (Å²) in [6.07, 6.45) is 1.94. The van der Waals surface area contributed by atoms with Gasteiger partial charge in [0.2, 0.25) is 5.91 Å². The zero-order chi connectivity index (χ0) is 27.0. The highest BCUT2D eigenvalue weighted by Crippen LogP contribution is 2.42. The van der Waals surface area contributed by atoms with E-state index in [9.17, 15) is 14.0 Å². The zero-order valence-electron chi connectivity index (χ0n) is 20.7. The first-order valence-corrected chi connectivity index (χ1v) is 12.9. The number of hydrogen-bond acceptors (Lipinski definition) is 2. The maximum Gasteiger partial charge on any atom is 0.322 e. The molecule has 1 aromatic heterocycles. The van der Waals surface area contributed by atoms with Gasteiger partial charge in [0.15, 0.2) is 0 Å². The Kier molecular flexibility index (Phi) is 7.15. The number of benzene rings is 3. The lowest BCUT2D eigenvalue weighted by atomic mass is 9.97. The van der Waals surface area contributed by atoms with Crippen LogP contribution in [0, 0.1) is 5.82 Å². The standard InChI is InChI=1S/C29H25Cl2FN4O2/c1-18(2)35(29(38)33-27-21(30)7-5-8-22(27)31)17-26(37)36-24-10-4-3-9-23(24)34-16-6-11-25(34)28(36)19-12-14-20(32)15-13-19/h3-16,18,28H,17H2,1-2H3,(H,33,38). The summed E-state index contributed by atoms with van der Waals surface area (Å²) in [6.45, 7) is 3.44. The van der Waals surface area contributed by atoms with Crippen molar-refractivity contribution in [3.63, 3.8) is 0 Å². The Morgan fingerprint density at radius 3 is 2.24 bits per heavy atom. The van der Waals surface area contributed by atoms with Gasteiger partial charge in [-0.2, -0.15) is 0 Å². The lowest BCUT2D eigenvalue weighted by Gasteiger charge is -2.40. The smallest absolute Gasteiger partial charge is 0.316 e. The van der Waals surface area contributed by atoms with Gasteiger partial charge in [-0.1, -0.05) is 53.5 Å². The predicted molar refractivity (Wildman–Crippen MR) is 149 cm³/mol. The van der Waals surface area contributed by atoms with Crippen LogP contribution < -0.4 is 10.2 Å². The summed E-state index contributed by atoms with van der Waals surface area (Å²) in [5, 5.41) is 3.34. The topological polar surface area (TPSA) is 57.6 Å². The van der Waals surface area contributed by atoms with E-state index in [1.54, 1.807) is 35.2 Å². The van der Waals surface area contributed by atoms with Crippen molar-refractivity contribution >= 4 is 46.5 Å². The van der Waals surface area contributed by atoms with Crippen LogP contribution in [0.2, 0.25) is 10.0 Å². The molecule has 1 unspecified atom stereocenters. The summed E-state index contributed by atoms with van der Waals surface area (Å²) in [7, 11) is 0. The molecule has 194 valence electrons. The molecule has 3 amide bonds. The summed E-state index contributed by atoms with van der Waals surface area (Å²) in [5.41, 5.74) is 3.41. The van der Waals surface area contributed by atoms with Gasteiger partial charge in [0, 0.05) is 12.2 Å². The van der Waals surface area contributed by atoms with Crippen LogP contribution in [0.3, 0.4) is 0 Å². The number of urea groups is 1. The largest absolute Gasteiger partial charge is 0.322 e. The first-order valence-electron chi connectivity index (χ1n) is 12.1. The van der Waals surface area contributed by atoms with Crippen molar-refractivity contribution in [3.05, 3.63) is 112 Å². The van der Waals surface area contributed by atoms with Crippen LogP contribution in [-0.4, -0.2) is 34.0 Å². The quantitative estimate of drug-likeness (QED) is 0.283. The fourth-order valence-electron chi connectivity index (χ4n) is 4.73. The van der Waals surface area contributed by atoms with Crippen LogP contribution in [0.15, 0.2) is 85.1 Å². The van der Waals surface area contributed by atoms with Crippen LogP contribution in [0.25, 0.3) is 5.69 Å². The molecule has 2 heterocycles. The van der Waals surface area contributed by atoms with Crippen LogP contribution in [-0.2, 0) is 4.79 Å². The van der Waals surface area contributed by atoms with Crippen LogP contribution >= 0.6 is 23.2 Å². The number of hydrogen-bond donors (Lipinski definition) is 1. The Morgan fingerprint density at radius 2 is 1.58 bits per heavy atom. The number of halogens is 3. The molecule has 0 spiro atoms. The highest BCUT2D eigenvalue weighted by atomic mass is 35.5. The minimum absolute atomic E-state index is 0.210. The molecular weight excluding hydrogens is 526 g/mol. The molecule has 3 aromatic carbocycles. The Morgan fingerprint density at radius 1 is 0.921 bits per heavy atom. The first kappa shape index (κ1) is 25.8. The number of amides is 3. The lowest BCUT2D eigenvalue weighted by Crippen LogP contribution is -2.49. The van der Waals surface area contributed by atoms with E-state index in [0.717, 1.165) is 16.9 Å². The van der Waals surface area contributed by atoms with E-state index >= 15 is 0 Å². The molecule has 0 aliphatic carbocycles. The Labute approximate surface area is 230 Å². The van der Waals surface area contributed by atoms with E-state index in [0.29, 0.717) is 15.7 Å². The number of fused-ring (bicyclic) bond motifs is 3. The fourth-order valence-corrected chi connectivity index (χ4v) is 5.22. The van der Waals surface area contributed by atoms with Gasteiger partial charge >= 0.3 is 6.03 Å². The van der Waals surface area contributed by atoms with E-state index in [4.69, 9.17) is 23.2 Å². The number of carbonyl (C=O) groups excluding carboxylic acids is 2. The SMILES string of the molecule is CC(C)N(CC(=O)N1c2ccccc2-n2cccc2C1c1ccc(F)cc1)C(=O)Nc1c(Cl)cccc1Cl. The molecule has 6 nitrogen and oxygen atoms in total. The number of rotatable bonds is 5. The van der Waals surface area contributed by atoms with Gasteiger partial charge in [-0.05, 0) is 67.9 Å². The van der Waals surface area contributed by atoms with Crippen molar-refractivity contribution in [1.82, 2.24) is 9.47 Å². The van der Waals surface area contributed by atoms with Crippen LogP contribution in [0.4, 0.5) is 20.6 Å². The molecule has 0 bridgehead atoms. The van der Waals surface area contributed by atoms with Crippen molar-refractivity contribution in [2.75, 3.05) is 16.8 Å². The predicted octanol–water partition coefficient (Wildman–Crippen LogP) is 7.30. The first-order chi connectivity index (χ1) is 18.3. The summed E-state index contributed by atoms with van der Waals surface area (Å²) in [4.78, 5) is 30.6. The number of anilines is 2. The van der Waals surface area contributed by atoms with Crippen LogP contribution in [0.1, 0.15) is 31.1 Å². The van der Waals surface area contributed by atoms with E-state index in [1.807, 2.05) is 61.0 Å². The van der Waals surface area contributed by atoms with Gasteiger partial charge in [0.25, 0.3) is 0 Å². The number of nitrogens with zero attached hydrogens (tertiary/aromatic N) is 3. The average molecular weight is 551 g/mol. The molecule has 1 aliphatic heterocycles. The molecule has 9 heteroatoms. The summed E-state index contributed by atoms with van der Waals surface area (Å²) in [6, 6.07) is 21.1. The second-order valence-electron chi connectivity index (χ2n) is 9.26. The van der Waals surface area contributed by atoms with Crippen molar-refractivity contribution in [2.45, 2.75) is 25.9 Å². The second kappa shape index (κ2) is 10.5. The summed E-state index contributed by atoms with van der Waals surface area (Å²) >= 11 is 12.5. The monoisotopic (exact) mass is 550 g/mol. The zero-order valence-corrected chi connectivity index (χ0v) is 22.2. The molecule has 1 atom stereocenters. The Balaban J connectivity index is 1.52. The molecule has 4 aromatic rings. The van der Waals surface area contributed by atoms with Gasteiger partial charge < -0.3 is 14.8 Å². The van der Waals surface area contributed by atoms with E-state index < -0.39 is 12.1 Å². The van der Waals surface area contributed by atoms with E-state index in [1.165, 1.54) is 17.0 Å². The van der Waals surface area contributed by atoms with E-state index in [-0.39, 0.29) is 30.0 Å². The minimum Gasteiger partial charge on any atom is -0.316 e. The van der Waals surface area contributed by atoms with Crippen molar-refractivity contribution in [3.8, 4) is 5.69 Å². The number of para-hydroxylation sites is 3. The third-order valence-electron chi connectivity index (χ3n) is 6.56. The molecule has 0 fully saturated rings. The summed E-state index contributed by atoms with van der Waals surface area (Å²) in [5.74, 6) is -0.660. The summed E-state index contributed by atoms with van der Waals surface area (Å²) < 4.78 is 15.8. The molecule has 0 radical (unpaired) electrons. The van der Waals surface area contributed by atoms with Gasteiger partial charge in [-0.25, -0.2) is 9.18 Å². The normalized spacial score (nSPS) is 14.2. The third kappa shape index (κ3) is 4.75. The van der Waals surface area contributed by atoms with Crippen LogP contribution in [0.5, 0.6) is 0 Å². The van der Waals surface area contributed by atoms with Crippen molar-refractivity contribution in [1.29, 1.82) is 0 Å². The van der Waals surface area contributed by atoms with Crippen molar-refractivity contribution in [2.24, 2.45) is 0 Å². The van der Waals surface area contributed by atoms with Gasteiger partial charge in [-0.3, -0.25) is 9.69 Å². The Bertz CT molecular complexity index is 1480. The highest BCUT2D eigenvalue weighted by Gasteiger charge is 2.37. The number of nitrogens with one attached hydrogen (secondary N) is 1. The second-order valence-corrected chi connectivity index (χ2v) is 10.1. The lowest BCUT2D eigenvalue weighted by molar-refractivity contribution is -0.119. The minimum atomic E-state index is -0.525.